The number of carbonyl (C=O) groups is 2. The van der Waals surface area contributed by atoms with Gasteiger partial charge in [-0.3, -0.25) is 9.59 Å². The fraction of sp³-hybridized carbons (Fsp3) is 0.600. The van der Waals surface area contributed by atoms with Gasteiger partial charge in [0.05, 0.1) is 0 Å². The lowest BCUT2D eigenvalue weighted by molar-refractivity contribution is -0.124. The van der Waals surface area contributed by atoms with Gasteiger partial charge < -0.3 is 16.4 Å². The van der Waals surface area contributed by atoms with Crippen LogP contribution in [0.2, 0.25) is 0 Å². The number of rotatable bonds is 7. The van der Waals surface area contributed by atoms with Crippen LogP contribution in [0, 0.1) is 11.8 Å². The van der Waals surface area contributed by atoms with Crippen LogP contribution in [0.15, 0.2) is 24.3 Å². The largest absolute Gasteiger partial charge is 0.354 e. The van der Waals surface area contributed by atoms with Crippen LogP contribution in [0.4, 0.5) is 0 Å². The van der Waals surface area contributed by atoms with Crippen molar-refractivity contribution in [1.82, 2.24) is 10.6 Å². The summed E-state index contributed by atoms with van der Waals surface area (Å²) in [6, 6.07) is 6.97. The van der Waals surface area contributed by atoms with Crippen LogP contribution in [0.3, 0.4) is 0 Å². The first kappa shape index (κ1) is 24.4. The van der Waals surface area contributed by atoms with E-state index in [1.807, 2.05) is 45.0 Å². The lowest BCUT2D eigenvalue weighted by Crippen LogP contribution is -2.50. The maximum Gasteiger partial charge on any atom is 0.251 e. The second kappa shape index (κ2) is 10.5. The quantitative estimate of drug-likeness (QED) is 0.676. The highest BCUT2D eigenvalue weighted by molar-refractivity contribution is 5.97. The molecule has 148 valence electrons. The number of nitrogens with one attached hydrogen (secondary N) is 2. The zero-order chi connectivity index (χ0) is 19.2. The van der Waals surface area contributed by atoms with Crippen molar-refractivity contribution >= 4 is 24.2 Å². The molecular weight excluding hydrogens is 350 g/mol. The normalized spacial score (nSPS) is 13.5. The van der Waals surface area contributed by atoms with Crippen molar-refractivity contribution < 1.29 is 9.59 Å². The Morgan fingerprint density at radius 3 is 2.04 bits per heavy atom. The van der Waals surface area contributed by atoms with E-state index in [1.54, 1.807) is 0 Å². The Morgan fingerprint density at radius 2 is 1.62 bits per heavy atom. The Bertz CT molecular complexity index is 580. The summed E-state index contributed by atoms with van der Waals surface area (Å²) in [5, 5.41) is 5.72. The minimum absolute atomic E-state index is 0. The lowest BCUT2D eigenvalue weighted by atomic mass is 9.86. The number of halogens is 1. The smallest absolute Gasteiger partial charge is 0.251 e. The molecule has 6 heteroatoms. The Balaban J connectivity index is 0.00000625. The molecule has 26 heavy (non-hydrogen) atoms. The van der Waals surface area contributed by atoms with Crippen LogP contribution < -0.4 is 16.4 Å². The van der Waals surface area contributed by atoms with Gasteiger partial charge in [-0.1, -0.05) is 53.7 Å². The average molecular weight is 384 g/mol. The van der Waals surface area contributed by atoms with Crippen LogP contribution in [0.5, 0.6) is 0 Å². The predicted molar refractivity (Wildman–Crippen MR) is 110 cm³/mol. The molecule has 1 aromatic carbocycles. The van der Waals surface area contributed by atoms with Crippen molar-refractivity contribution in [3.8, 4) is 0 Å². The van der Waals surface area contributed by atoms with Crippen LogP contribution >= 0.6 is 12.4 Å². The summed E-state index contributed by atoms with van der Waals surface area (Å²) in [6.45, 7) is 13.2. The molecule has 2 unspecified atom stereocenters. The number of nitrogens with two attached hydrogens (primary N) is 1. The zero-order valence-electron chi connectivity index (χ0n) is 16.8. The van der Waals surface area contributed by atoms with Gasteiger partial charge in [-0.25, -0.2) is 0 Å². The van der Waals surface area contributed by atoms with E-state index in [2.05, 4.69) is 31.4 Å². The maximum atomic E-state index is 12.5. The van der Waals surface area contributed by atoms with Gasteiger partial charge in [0.15, 0.2) is 0 Å². The number of amides is 2. The van der Waals surface area contributed by atoms with Crippen LogP contribution in [-0.4, -0.2) is 30.9 Å². The van der Waals surface area contributed by atoms with Crippen molar-refractivity contribution in [3.05, 3.63) is 35.4 Å². The summed E-state index contributed by atoms with van der Waals surface area (Å²) in [5.74, 6) is -0.209. The molecule has 0 saturated heterocycles. The van der Waals surface area contributed by atoms with E-state index >= 15 is 0 Å². The van der Waals surface area contributed by atoms with Gasteiger partial charge in [-0.05, 0) is 41.5 Å². The van der Waals surface area contributed by atoms with E-state index in [-0.39, 0.29) is 41.5 Å². The summed E-state index contributed by atoms with van der Waals surface area (Å²) in [6.07, 6.45) is 0. The highest BCUT2D eigenvalue weighted by atomic mass is 35.5. The standard InChI is InChI=1S/C20H33N3O2.ClH/c1-13(2)17(19(25)22-12-14(3)11-21)23-18(24)15-7-9-16(10-8-15)20(4,5)6;/h7-10,13-14,17H,11-12,21H2,1-6H3,(H,22,25)(H,23,24);1H. The van der Waals surface area contributed by atoms with Gasteiger partial charge in [0, 0.05) is 12.1 Å². The molecule has 0 fully saturated rings. The Morgan fingerprint density at radius 1 is 1.08 bits per heavy atom. The molecule has 2 atom stereocenters. The molecule has 0 spiro atoms. The molecule has 2 amide bonds. The fourth-order valence-electron chi connectivity index (χ4n) is 2.35. The monoisotopic (exact) mass is 383 g/mol. The Hall–Kier alpha value is -1.59. The number of hydrogen-bond acceptors (Lipinski definition) is 3. The Kier molecular flexibility index (Phi) is 9.89. The first-order valence-electron chi connectivity index (χ1n) is 8.95. The first-order valence-corrected chi connectivity index (χ1v) is 8.95. The fourth-order valence-corrected chi connectivity index (χ4v) is 2.35. The topological polar surface area (TPSA) is 84.2 Å². The molecule has 0 aliphatic rings. The second-order valence-corrected chi connectivity index (χ2v) is 8.11. The van der Waals surface area contributed by atoms with Gasteiger partial charge >= 0.3 is 0 Å². The highest BCUT2D eigenvalue weighted by Gasteiger charge is 2.25. The van der Waals surface area contributed by atoms with E-state index in [1.165, 1.54) is 0 Å². The van der Waals surface area contributed by atoms with Crippen LogP contribution in [-0.2, 0) is 10.2 Å². The molecule has 0 radical (unpaired) electrons. The van der Waals surface area contributed by atoms with Crippen molar-refractivity contribution in [2.75, 3.05) is 13.1 Å². The molecule has 5 nitrogen and oxygen atoms in total. The summed E-state index contributed by atoms with van der Waals surface area (Å²) in [4.78, 5) is 24.9. The molecule has 4 N–H and O–H groups in total. The van der Waals surface area contributed by atoms with Crippen molar-refractivity contribution in [1.29, 1.82) is 0 Å². The van der Waals surface area contributed by atoms with Crippen LogP contribution in [0.25, 0.3) is 0 Å². The van der Waals surface area contributed by atoms with E-state index < -0.39 is 6.04 Å². The molecule has 0 aliphatic carbocycles. The van der Waals surface area contributed by atoms with E-state index in [9.17, 15) is 9.59 Å². The average Bonchev–Trinajstić information content (AvgIpc) is 2.55. The molecule has 1 aromatic rings. The maximum absolute atomic E-state index is 12.5. The highest BCUT2D eigenvalue weighted by Crippen LogP contribution is 2.22. The third kappa shape index (κ3) is 7.34. The predicted octanol–water partition coefficient (Wildman–Crippen LogP) is 2.87. The number of benzene rings is 1. The number of hydrogen-bond donors (Lipinski definition) is 3. The lowest BCUT2D eigenvalue weighted by Gasteiger charge is -2.23. The van der Waals surface area contributed by atoms with Crippen molar-refractivity contribution in [2.45, 2.75) is 53.0 Å². The van der Waals surface area contributed by atoms with E-state index in [0.717, 1.165) is 5.56 Å². The second-order valence-electron chi connectivity index (χ2n) is 8.11. The van der Waals surface area contributed by atoms with Crippen LogP contribution in [0.1, 0.15) is 57.5 Å². The molecule has 0 heterocycles. The van der Waals surface area contributed by atoms with Crippen molar-refractivity contribution in [2.24, 2.45) is 17.6 Å². The molecular formula is C20H34ClN3O2. The van der Waals surface area contributed by atoms with E-state index in [0.29, 0.717) is 18.7 Å². The minimum atomic E-state index is -0.570. The molecule has 0 saturated carbocycles. The Labute approximate surface area is 163 Å². The summed E-state index contributed by atoms with van der Waals surface area (Å²) in [5.41, 5.74) is 7.33. The summed E-state index contributed by atoms with van der Waals surface area (Å²) < 4.78 is 0. The molecule has 1 rings (SSSR count). The SMILES string of the molecule is CC(CN)CNC(=O)C(NC(=O)c1ccc(C(C)(C)C)cc1)C(C)C.Cl. The van der Waals surface area contributed by atoms with Gasteiger partial charge in [-0.2, -0.15) is 0 Å². The summed E-state index contributed by atoms with van der Waals surface area (Å²) in [7, 11) is 0. The molecule has 0 aliphatic heterocycles. The molecule has 0 aromatic heterocycles. The zero-order valence-corrected chi connectivity index (χ0v) is 17.6. The molecule has 0 bridgehead atoms. The van der Waals surface area contributed by atoms with E-state index in [4.69, 9.17) is 5.73 Å². The van der Waals surface area contributed by atoms with Gasteiger partial charge in [0.25, 0.3) is 5.91 Å². The van der Waals surface area contributed by atoms with Gasteiger partial charge in [0.1, 0.15) is 6.04 Å². The van der Waals surface area contributed by atoms with Crippen molar-refractivity contribution in [3.63, 3.8) is 0 Å². The third-order valence-electron chi connectivity index (χ3n) is 4.28. The minimum Gasteiger partial charge on any atom is -0.354 e. The third-order valence-corrected chi connectivity index (χ3v) is 4.28. The van der Waals surface area contributed by atoms with Gasteiger partial charge in [0.2, 0.25) is 5.91 Å². The first-order chi connectivity index (χ1) is 11.6. The van der Waals surface area contributed by atoms with Gasteiger partial charge in [-0.15, -0.1) is 12.4 Å². The summed E-state index contributed by atoms with van der Waals surface area (Å²) >= 11 is 0. The number of carbonyl (C=O) groups excluding carboxylic acids is 2.